The number of hydrogen-bond donors (Lipinski definition) is 0. The van der Waals surface area contributed by atoms with Gasteiger partial charge in [0, 0.05) is 51.5 Å². The van der Waals surface area contributed by atoms with Crippen LogP contribution in [0, 0.1) is 0 Å². The summed E-state index contributed by atoms with van der Waals surface area (Å²) in [6, 6.07) is 2.04. The molecule has 2 aliphatic heterocycles. The Hall–Kier alpha value is -2.42. The van der Waals surface area contributed by atoms with Crippen LogP contribution in [0.4, 0.5) is 4.79 Å². The minimum absolute atomic E-state index is 0.143. The van der Waals surface area contributed by atoms with Crippen LogP contribution >= 0.6 is 0 Å². The zero-order valence-electron chi connectivity index (χ0n) is 15.1. The molecule has 9 nitrogen and oxygen atoms in total. The van der Waals surface area contributed by atoms with E-state index >= 15 is 0 Å². The van der Waals surface area contributed by atoms with Crippen molar-refractivity contribution in [3.05, 3.63) is 30.1 Å². The molecule has 2 aromatic rings. The van der Waals surface area contributed by atoms with Gasteiger partial charge in [-0.1, -0.05) is 0 Å². The first-order chi connectivity index (χ1) is 12.7. The van der Waals surface area contributed by atoms with Crippen LogP contribution in [-0.2, 0) is 18.3 Å². The average molecular weight is 359 g/mol. The van der Waals surface area contributed by atoms with Gasteiger partial charge in [0.15, 0.2) is 5.82 Å². The second-order valence-corrected chi connectivity index (χ2v) is 6.88. The van der Waals surface area contributed by atoms with Gasteiger partial charge in [0.25, 0.3) is 0 Å². The molecular weight excluding hydrogens is 334 g/mol. The lowest BCUT2D eigenvalue weighted by Crippen LogP contribution is -2.50. The summed E-state index contributed by atoms with van der Waals surface area (Å²) in [7, 11) is 2.01. The summed E-state index contributed by atoms with van der Waals surface area (Å²) in [5.41, 5.74) is 0. The Labute approximate surface area is 152 Å². The van der Waals surface area contributed by atoms with Gasteiger partial charge in [-0.2, -0.15) is 5.10 Å². The summed E-state index contributed by atoms with van der Waals surface area (Å²) in [6.07, 6.45) is 5.52. The third-order valence-electron chi connectivity index (χ3n) is 5.27. The molecule has 140 valence electrons. The molecule has 0 unspecified atom stereocenters. The van der Waals surface area contributed by atoms with E-state index < -0.39 is 0 Å². The Morgan fingerprint density at radius 2 is 1.88 bits per heavy atom. The molecule has 9 heteroatoms. The van der Waals surface area contributed by atoms with Crippen molar-refractivity contribution in [2.45, 2.75) is 25.3 Å². The van der Waals surface area contributed by atoms with E-state index in [1.165, 1.54) is 0 Å². The molecule has 0 bridgehead atoms. The summed E-state index contributed by atoms with van der Waals surface area (Å²) in [6.45, 7) is 4.81. The number of ether oxygens (including phenoxy) is 1. The van der Waals surface area contributed by atoms with E-state index in [2.05, 4.69) is 19.9 Å². The highest BCUT2D eigenvalue weighted by molar-refractivity contribution is 5.74. The van der Waals surface area contributed by atoms with Crippen LogP contribution < -0.4 is 0 Å². The molecule has 4 rings (SSSR count). The van der Waals surface area contributed by atoms with E-state index in [1.54, 1.807) is 6.20 Å². The van der Waals surface area contributed by atoms with Crippen LogP contribution in [-0.4, -0.2) is 79.8 Å². The Morgan fingerprint density at radius 3 is 2.58 bits per heavy atom. The Balaban J connectivity index is 1.36. The molecule has 2 amide bonds. The molecule has 2 aliphatic rings. The maximum atomic E-state index is 12.6. The number of morpholine rings is 1. The van der Waals surface area contributed by atoms with Crippen LogP contribution in [0.1, 0.15) is 30.4 Å². The molecule has 2 aromatic heterocycles. The first kappa shape index (κ1) is 17.0. The van der Waals surface area contributed by atoms with E-state index in [0.29, 0.717) is 38.8 Å². The highest BCUT2D eigenvalue weighted by Gasteiger charge is 2.30. The van der Waals surface area contributed by atoms with Gasteiger partial charge >= 0.3 is 6.03 Å². The van der Waals surface area contributed by atoms with Gasteiger partial charge in [-0.3, -0.25) is 4.68 Å². The molecule has 0 spiro atoms. The Kier molecular flexibility index (Phi) is 4.87. The van der Waals surface area contributed by atoms with Crippen molar-refractivity contribution in [3.8, 4) is 0 Å². The summed E-state index contributed by atoms with van der Waals surface area (Å²) in [5, 5.41) is 13.0. The highest BCUT2D eigenvalue weighted by Crippen LogP contribution is 2.27. The van der Waals surface area contributed by atoms with Gasteiger partial charge in [0.05, 0.1) is 13.2 Å². The molecule has 0 radical (unpaired) electrons. The number of rotatable bonds is 3. The first-order valence-electron chi connectivity index (χ1n) is 9.19. The highest BCUT2D eigenvalue weighted by atomic mass is 16.5. The molecule has 0 N–H and O–H groups in total. The molecule has 0 atom stereocenters. The predicted octanol–water partition coefficient (Wildman–Crippen LogP) is 0.692. The van der Waals surface area contributed by atoms with Crippen molar-refractivity contribution in [2.75, 3.05) is 39.4 Å². The number of nitrogens with zero attached hydrogens (tertiary/aromatic N) is 7. The quantitative estimate of drug-likeness (QED) is 0.805. The maximum Gasteiger partial charge on any atom is 0.320 e. The zero-order valence-corrected chi connectivity index (χ0v) is 15.1. The molecule has 2 saturated heterocycles. The summed E-state index contributed by atoms with van der Waals surface area (Å²) in [4.78, 5) is 16.5. The molecule has 0 aromatic carbocycles. The van der Waals surface area contributed by atoms with Gasteiger partial charge < -0.3 is 19.1 Å². The van der Waals surface area contributed by atoms with Crippen molar-refractivity contribution < 1.29 is 9.53 Å². The number of hydrogen-bond acceptors (Lipinski definition) is 5. The fourth-order valence-electron chi connectivity index (χ4n) is 3.69. The topological polar surface area (TPSA) is 81.3 Å². The third kappa shape index (κ3) is 3.44. The minimum atomic E-state index is 0.143. The van der Waals surface area contributed by atoms with Crippen LogP contribution in [0.2, 0.25) is 0 Å². The van der Waals surface area contributed by atoms with Crippen molar-refractivity contribution in [2.24, 2.45) is 7.05 Å². The lowest BCUT2D eigenvalue weighted by molar-refractivity contribution is 0.0410. The van der Waals surface area contributed by atoms with Crippen molar-refractivity contribution in [3.63, 3.8) is 0 Å². The predicted molar refractivity (Wildman–Crippen MR) is 93.7 cm³/mol. The molecule has 2 fully saturated rings. The summed E-state index contributed by atoms with van der Waals surface area (Å²) < 4.78 is 9.25. The second kappa shape index (κ2) is 7.45. The van der Waals surface area contributed by atoms with Gasteiger partial charge in [0.2, 0.25) is 0 Å². The molecule has 4 heterocycles. The fourth-order valence-corrected chi connectivity index (χ4v) is 3.69. The number of likely N-dealkylation sites (tertiary alicyclic amines) is 1. The van der Waals surface area contributed by atoms with Gasteiger partial charge in [0.1, 0.15) is 12.4 Å². The van der Waals surface area contributed by atoms with E-state index in [4.69, 9.17) is 4.74 Å². The number of amides is 2. The van der Waals surface area contributed by atoms with Crippen LogP contribution in [0.15, 0.2) is 18.5 Å². The molecule has 0 aliphatic carbocycles. The number of carbonyl (C=O) groups excluding carboxylic acids is 1. The number of piperidine rings is 1. The smallest absolute Gasteiger partial charge is 0.320 e. The van der Waals surface area contributed by atoms with Crippen LogP contribution in [0.3, 0.4) is 0 Å². The van der Waals surface area contributed by atoms with E-state index in [1.807, 2.05) is 33.8 Å². The van der Waals surface area contributed by atoms with Gasteiger partial charge in [-0.05, 0) is 18.9 Å². The number of aromatic nitrogens is 5. The summed E-state index contributed by atoms with van der Waals surface area (Å²) >= 11 is 0. The number of urea groups is 1. The van der Waals surface area contributed by atoms with Gasteiger partial charge in [-0.15, -0.1) is 10.2 Å². The summed E-state index contributed by atoms with van der Waals surface area (Å²) in [5.74, 6) is 2.24. The largest absolute Gasteiger partial charge is 0.378 e. The third-order valence-corrected chi connectivity index (χ3v) is 5.27. The van der Waals surface area contributed by atoms with Crippen molar-refractivity contribution >= 4 is 6.03 Å². The number of carbonyl (C=O) groups is 1. The van der Waals surface area contributed by atoms with Crippen LogP contribution in [0.5, 0.6) is 0 Å². The first-order valence-corrected chi connectivity index (χ1v) is 9.19. The standard InChI is InChI=1S/C17H25N7O2/c1-21-15(13-24-6-2-5-18-24)19-20-16(21)14-3-7-22(8-4-14)17(25)23-9-11-26-12-10-23/h2,5-6,14H,3-4,7-13H2,1H3. The van der Waals surface area contributed by atoms with E-state index in [0.717, 1.165) is 37.6 Å². The van der Waals surface area contributed by atoms with Crippen molar-refractivity contribution in [1.82, 2.24) is 34.3 Å². The second-order valence-electron chi connectivity index (χ2n) is 6.88. The Morgan fingerprint density at radius 1 is 1.15 bits per heavy atom. The molecule has 26 heavy (non-hydrogen) atoms. The average Bonchev–Trinajstić information content (AvgIpc) is 3.33. The Bertz CT molecular complexity index is 728. The maximum absolute atomic E-state index is 12.6. The monoisotopic (exact) mass is 359 g/mol. The zero-order chi connectivity index (χ0) is 17.9. The lowest BCUT2D eigenvalue weighted by Gasteiger charge is -2.36. The van der Waals surface area contributed by atoms with Crippen LogP contribution in [0.25, 0.3) is 0 Å². The molecule has 0 saturated carbocycles. The van der Waals surface area contributed by atoms with Crippen molar-refractivity contribution in [1.29, 1.82) is 0 Å². The van der Waals surface area contributed by atoms with E-state index in [9.17, 15) is 4.79 Å². The normalized spacial score (nSPS) is 19.1. The fraction of sp³-hybridized carbons (Fsp3) is 0.647. The molecular formula is C17H25N7O2. The SMILES string of the molecule is Cn1c(Cn2cccn2)nnc1C1CCN(C(=O)N2CCOCC2)CC1. The van der Waals surface area contributed by atoms with Gasteiger partial charge in [-0.25, -0.2) is 4.79 Å². The lowest BCUT2D eigenvalue weighted by atomic mass is 9.96. The minimum Gasteiger partial charge on any atom is -0.378 e. The van der Waals surface area contributed by atoms with E-state index in [-0.39, 0.29) is 6.03 Å².